The molecule has 0 saturated carbocycles. The van der Waals surface area contributed by atoms with Crippen molar-refractivity contribution in [3.05, 3.63) is 33.8 Å². The Bertz CT molecular complexity index is 490. The van der Waals surface area contributed by atoms with Crippen LogP contribution in [0, 0.1) is 5.92 Å². The molecular formula is C15H21Cl3N2O. The van der Waals surface area contributed by atoms with Gasteiger partial charge in [-0.1, -0.05) is 29.3 Å². The third-order valence-corrected chi connectivity index (χ3v) is 4.58. The van der Waals surface area contributed by atoms with Crippen molar-refractivity contribution in [3.8, 4) is 0 Å². The summed E-state index contributed by atoms with van der Waals surface area (Å²) in [6.07, 6.45) is 1.68. The molecule has 2 unspecified atom stereocenters. The van der Waals surface area contributed by atoms with Gasteiger partial charge in [0, 0.05) is 23.5 Å². The Morgan fingerprint density at radius 1 is 1.48 bits per heavy atom. The molecule has 1 fully saturated rings. The number of amides is 1. The highest BCUT2D eigenvalue weighted by atomic mass is 35.5. The first-order chi connectivity index (χ1) is 9.49. The fraction of sp³-hybridized carbons (Fsp3) is 0.533. The van der Waals surface area contributed by atoms with E-state index in [0.29, 0.717) is 22.4 Å². The van der Waals surface area contributed by atoms with E-state index in [9.17, 15) is 4.79 Å². The minimum absolute atomic E-state index is 0. The predicted octanol–water partition coefficient (Wildman–Crippen LogP) is 3.93. The summed E-state index contributed by atoms with van der Waals surface area (Å²) in [5.41, 5.74) is 0.927. The summed E-state index contributed by atoms with van der Waals surface area (Å²) < 4.78 is 0. The quantitative estimate of drug-likeness (QED) is 0.891. The Morgan fingerprint density at radius 3 is 2.76 bits per heavy atom. The minimum atomic E-state index is -0.0540. The Hall–Kier alpha value is -0.480. The molecule has 118 valence electrons. The lowest BCUT2D eigenvalue weighted by molar-refractivity contribution is -0.132. The molecule has 2 rings (SSSR count). The summed E-state index contributed by atoms with van der Waals surface area (Å²) in [7, 11) is 1.83. The summed E-state index contributed by atoms with van der Waals surface area (Å²) in [5, 5.41) is 4.50. The molecule has 0 radical (unpaired) electrons. The van der Waals surface area contributed by atoms with Crippen LogP contribution in [-0.2, 0) is 4.79 Å². The van der Waals surface area contributed by atoms with Crippen LogP contribution in [0.4, 0.5) is 0 Å². The molecule has 1 aromatic rings. The predicted molar refractivity (Wildman–Crippen MR) is 90.5 cm³/mol. The number of hydrogen-bond donors (Lipinski definition) is 1. The molecule has 0 aromatic heterocycles. The summed E-state index contributed by atoms with van der Waals surface area (Å²) >= 11 is 12.1. The van der Waals surface area contributed by atoms with E-state index < -0.39 is 0 Å². The van der Waals surface area contributed by atoms with Crippen molar-refractivity contribution in [2.24, 2.45) is 5.92 Å². The molecule has 1 heterocycles. The van der Waals surface area contributed by atoms with Gasteiger partial charge in [0.2, 0.25) is 5.91 Å². The summed E-state index contributed by atoms with van der Waals surface area (Å²) in [4.78, 5) is 14.1. The summed E-state index contributed by atoms with van der Waals surface area (Å²) in [6, 6.07) is 5.35. The lowest BCUT2D eigenvalue weighted by Crippen LogP contribution is -2.31. The third-order valence-electron chi connectivity index (χ3n) is 4.01. The molecule has 6 heteroatoms. The second-order valence-electron chi connectivity index (χ2n) is 5.41. The zero-order valence-electron chi connectivity index (χ0n) is 12.2. The number of rotatable bonds is 4. The van der Waals surface area contributed by atoms with Gasteiger partial charge < -0.3 is 10.2 Å². The first-order valence-corrected chi connectivity index (χ1v) is 7.66. The van der Waals surface area contributed by atoms with E-state index in [4.69, 9.17) is 23.2 Å². The van der Waals surface area contributed by atoms with E-state index in [-0.39, 0.29) is 24.4 Å². The molecule has 1 amide bonds. The smallest absolute Gasteiger partial charge is 0.223 e. The average Bonchev–Trinajstić information content (AvgIpc) is 2.90. The third kappa shape index (κ3) is 4.75. The van der Waals surface area contributed by atoms with Gasteiger partial charge in [0.05, 0.1) is 6.04 Å². The summed E-state index contributed by atoms with van der Waals surface area (Å²) in [5.74, 6) is 0.620. The van der Waals surface area contributed by atoms with Crippen LogP contribution in [0.2, 0.25) is 10.0 Å². The average molecular weight is 352 g/mol. The van der Waals surface area contributed by atoms with Crippen LogP contribution >= 0.6 is 35.6 Å². The number of hydrogen-bond acceptors (Lipinski definition) is 2. The van der Waals surface area contributed by atoms with E-state index in [1.165, 1.54) is 0 Å². The molecular weight excluding hydrogens is 331 g/mol. The van der Waals surface area contributed by atoms with Crippen molar-refractivity contribution in [1.29, 1.82) is 0 Å². The SMILES string of the molecule is CC(c1ccc(Cl)cc1Cl)N(C)C(=O)CC1CCNC1.Cl. The van der Waals surface area contributed by atoms with Gasteiger partial charge in [-0.05, 0) is 50.0 Å². The van der Waals surface area contributed by atoms with Crippen LogP contribution in [0.3, 0.4) is 0 Å². The maximum absolute atomic E-state index is 12.3. The molecule has 0 aliphatic carbocycles. The van der Waals surface area contributed by atoms with Gasteiger partial charge in [-0.2, -0.15) is 0 Å². The molecule has 21 heavy (non-hydrogen) atoms. The highest BCUT2D eigenvalue weighted by Gasteiger charge is 2.24. The molecule has 2 atom stereocenters. The minimum Gasteiger partial charge on any atom is -0.339 e. The van der Waals surface area contributed by atoms with Gasteiger partial charge in [0.25, 0.3) is 0 Å². The number of carbonyl (C=O) groups excluding carboxylic acids is 1. The molecule has 0 bridgehead atoms. The lowest BCUT2D eigenvalue weighted by Gasteiger charge is -2.27. The van der Waals surface area contributed by atoms with E-state index in [0.717, 1.165) is 25.1 Å². The fourth-order valence-electron chi connectivity index (χ4n) is 2.54. The van der Waals surface area contributed by atoms with Crippen LogP contribution in [-0.4, -0.2) is 30.9 Å². The van der Waals surface area contributed by atoms with Gasteiger partial charge in [-0.3, -0.25) is 4.79 Å². The molecule has 1 aliphatic rings. The van der Waals surface area contributed by atoms with Crippen molar-refractivity contribution in [2.45, 2.75) is 25.8 Å². The van der Waals surface area contributed by atoms with E-state index >= 15 is 0 Å². The standard InChI is InChI=1S/C15H20Cl2N2O.ClH/c1-10(13-4-3-12(16)8-14(13)17)19(2)15(20)7-11-5-6-18-9-11;/h3-4,8,10-11,18H,5-7,9H2,1-2H3;1H. The Kier molecular flexibility index (Phi) is 7.28. The molecule has 1 aromatic carbocycles. The van der Waals surface area contributed by atoms with Crippen molar-refractivity contribution < 1.29 is 4.79 Å². The maximum Gasteiger partial charge on any atom is 0.223 e. The van der Waals surface area contributed by atoms with Crippen molar-refractivity contribution in [1.82, 2.24) is 10.2 Å². The molecule has 1 aliphatic heterocycles. The monoisotopic (exact) mass is 350 g/mol. The highest BCUT2D eigenvalue weighted by Crippen LogP contribution is 2.29. The van der Waals surface area contributed by atoms with E-state index in [1.807, 2.05) is 20.0 Å². The second-order valence-corrected chi connectivity index (χ2v) is 6.25. The molecule has 1 N–H and O–H groups in total. The number of nitrogens with zero attached hydrogens (tertiary/aromatic N) is 1. The van der Waals surface area contributed by atoms with Gasteiger partial charge >= 0.3 is 0 Å². The lowest BCUT2D eigenvalue weighted by atomic mass is 10.0. The van der Waals surface area contributed by atoms with E-state index in [1.54, 1.807) is 17.0 Å². The van der Waals surface area contributed by atoms with E-state index in [2.05, 4.69) is 5.32 Å². The normalized spacial score (nSPS) is 19.0. The molecule has 1 saturated heterocycles. The largest absolute Gasteiger partial charge is 0.339 e. The van der Waals surface area contributed by atoms with Crippen LogP contribution in [0.15, 0.2) is 18.2 Å². The zero-order valence-corrected chi connectivity index (χ0v) is 14.6. The van der Waals surface area contributed by atoms with Gasteiger partial charge in [-0.15, -0.1) is 12.4 Å². The zero-order chi connectivity index (χ0) is 14.7. The topological polar surface area (TPSA) is 32.3 Å². The Labute approximate surface area is 142 Å². The van der Waals surface area contributed by atoms with Crippen LogP contribution in [0.25, 0.3) is 0 Å². The van der Waals surface area contributed by atoms with Gasteiger partial charge in [0.15, 0.2) is 0 Å². The Balaban J connectivity index is 0.00000220. The van der Waals surface area contributed by atoms with Crippen molar-refractivity contribution in [2.75, 3.05) is 20.1 Å². The van der Waals surface area contributed by atoms with Crippen LogP contribution < -0.4 is 5.32 Å². The summed E-state index contributed by atoms with van der Waals surface area (Å²) in [6.45, 7) is 3.94. The number of nitrogens with one attached hydrogen (secondary N) is 1. The van der Waals surface area contributed by atoms with Gasteiger partial charge in [0.1, 0.15) is 0 Å². The van der Waals surface area contributed by atoms with Gasteiger partial charge in [-0.25, -0.2) is 0 Å². The number of carbonyl (C=O) groups is 1. The first-order valence-electron chi connectivity index (χ1n) is 6.90. The highest BCUT2D eigenvalue weighted by molar-refractivity contribution is 6.35. The number of halogens is 3. The van der Waals surface area contributed by atoms with Crippen LogP contribution in [0.5, 0.6) is 0 Å². The molecule has 0 spiro atoms. The van der Waals surface area contributed by atoms with Crippen LogP contribution in [0.1, 0.15) is 31.4 Å². The second kappa shape index (κ2) is 8.23. The fourth-order valence-corrected chi connectivity index (χ4v) is 3.11. The molecule has 3 nitrogen and oxygen atoms in total. The van der Waals surface area contributed by atoms with Crippen molar-refractivity contribution in [3.63, 3.8) is 0 Å². The first kappa shape index (κ1) is 18.6. The maximum atomic E-state index is 12.3. The Morgan fingerprint density at radius 2 is 2.19 bits per heavy atom. The van der Waals surface area contributed by atoms with Crippen molar-refractivity contribution >= 4 is 41.5 Å². The number of benzene rings is 1.